The molecule has 1 atom stereocenters. The Balaban J connectivity index is 1.84. The average molecular weight is 484 g/mol. The molecule has 1 unspecified atom stereocenters. The first kappa shape index (κ1) is 24.5. The summed E-state index contributed by atoms with van der Waals surface area (Å²) in [6.07, 6.45) is 0.288. The number of thioether (sulfide) groups is 1. The Morgan fingerprint density at radius 3 is 2.41 bits per heavy atom. The third kappa shape index (κ3) is 5.59. The van der Waals surface area contributed by atoms with Crippen LogP contribution in [0.5, 0.6) is 0 Å². The van der Waals surface area contributed by atoms with E-state index in [0.29, 0.717) is 11.6 Å². The van der Waals surface area contributed by atoms with Gasteiger partial charge in [0.25, 0.3) is 0 Å². The van der Waals surface area contributed by atoms with E-state index in [2.05, 4.69) is 23.6 Å². The molecule has 0 spiro atoms. The van der Waals surface area contributed by atoms with E-state index in [4.69, 9.17) is 11.6 Å². The second-order valence-corrected chi connectivity index (χ2v) is 9.17. The Morgan fingerprint density at radius 2 is 1.84 bits per heavy atom. The molecule has 2 aromatic carbocycles. The summed E-state index contributed by atoms with van der Waals surface area (Å²) < 4.78 is 38.4. The van der Waals surface area contributed by atoms with Gasteiger partial charge in [0, 0.05) is 16.1 Å². The molecule has 0 bridgehead atoms. The highest BCUT2D eigenvalue weighted by Crippen LogP contribution is 2.39. The van der Waals surface area contributed by atoms with Crippen LogP contribution in [-0.2, 0) is 6.18 Å². The predicted molar refractivity (Wildman–Crippen MR) is 125 cm³/mol. The number of anilines is 1. The van der Waals surface area contributed by atoms with Gasteiger partial charge in [-0.2, -0.15) is 30.0 Å². The lowest BCUT2D eigenvalue weighted by Crippen LogP contribution is -2.37. The fourth-order valence-electron chi connectivity index (χ4n) is 3.85. The molecule has 172 valence electrons. The van der Waals surface area contributed by atoms with Gasteiger partial charge in [-0.1, -0.05) is 30.7 Å². The fourth-order valence-corrected chi connectivity index (χ4v) is 4.41. The number of halogens is 4. The average Bonchev–Trinajstić information content (AvgIpc) is 3.14. The Labute approximate surface area is 195 Å². The zero-order valence-corrected chi connectivity index (χ0v) is 19.4. The SMILES string of the molecule is CCC1(CCCSC)CN(C(=O)Nc2ccc(C(F)(F)F)cc2)N=C1c1ccc(Cl)cc1. The van der Waals surface area contributed by atoms with Gasteiger partial charge in [0.15, 0.2) is 0 Å². The molecule has 1 aliphatic heterocycles. The number of hydrogen-bond donors (Lipinski definition) is 1. The summed E-state index contributed by atoms with van der Waals surface area (Å²) in [6.45, 7) is 2.49. The lowest BCUT2D eigenvalue weighted by molar-refractivity contribution is -0.137. The number of alkyl halides is 3. The number of carbonyl (C=O) groups excluding carboxylic acids is 1. The summed E-state index contributed by atoms with van der Waals surface area (Å²) in [5.74, 6) is 1.01. The maximum Gasteiger partial charge on any atom is 0.416 e. The summed E-state index contributed by atoms with van der Waals surface area (Å²) in [4.78, 5) is 12.9. The Hall–Kier alpha value is -2.19. The zero-order valence-electron chi connectivity index (χ0n) is 17.9. The van der Waals surface area contributed by atoms with Crippen molar-refractivity contribution in [3.05, 3.63) is 64.7 Å². The van der Waals surface area contributed by atoms with Crippen molar-refractivity contribution in [1.29, 1.82) is 0 Å². The van der Waals surface area contributed by atoms with Gasteiger partial charge in [0.1, 0.15) is 0 Å². The van der Waals surface area contributed by atoms with Crippen LogP contribution in [0.15, 0.2) is 53.6 Å². The molecule has 3 rings (SSSR count). The quantitative estimate of drug-likeness (QED) is 0.425. The van der Waals surface area contributed by atoms with E-state index < -0.39 is 17.8 Å². The van der Waals surface area contributed by atoms with Crippen LogP contribution in [0.4, 0.5) is 23.7 Å². The van der Waals surface area contributed by atoms with Gasteiger partial charge < -0.3 is 5.32 Å². The number of amides is 2. The highest BCUT2D eigenvalue weighted by Gasteiger charge is 2.43. The van der Waals surface area contributed by atoms with Crippen molar-refractivity contribution >= 4 is 40.8 Å². The molecule has 0 saturated heterocycles. The summed E-state index contributed by atoms with van der Waals surface area (Å²) in [6, 6.07) is 11.3. The maximum atomic E-state index is 12.9. The summed E-state index contributed by atoms with van der Waals surface area (Å²) in [5.41, 5.74) is 0.952. The zero-order chi connectivity index (χ0) is 23.4. The molecular formula is C23H25ClF3N3OS. The van der Waals surface area contributed by atoms with Gasteiger partial charge in [0.05, 0.1) is 17.8 Å². The minimum Gasteiger partial charge on any atom is -0.306 e. The second-order valence-electron chi connectivity index (χ2n) is 7.75. The van der Waals surface area contributed by atoms with Gasteiger partial charge in [-0.3, -0.25) is 0 Å². The van der Waals surface area contributed by atoms with Gasteiger partial charge in [-0.05, 0) is 73.2 Å². The van der Waals surface area contributed by atoms with E-state index >= 15 is 0 Å². The number of rotatable bonds is 7. The van der Waals surface area contributed by atoms with Crippen LogP contribution in [0.1, 0.15) is 37.3 Å². The summed E-state index contributed by atoms with van der Waals surface area (Å²) in [7, 11) is 0. The molecule has 32 heavy (non-hydrogen) atoms. The van der Waals surface area contributed by atoms with Gasteiger partial charge in [-0.25, -0.2) is 9.80 Å². The van der Waals surface area contributed by atoms with Crippen LogP contribution in [0.25, 0.3) is 0 Å². The van der Waals surface area contributed by atoms with Crippen LogP contribution >= 0.6 is 23.4 Å². The number of carbonyl (C=O) groups is 1. The molecular weight excluding hydrogens is 459 g/mol. The molecule has 1 N–H and O–H groups in total. The Morgan fingerprint density at radius 1 is 1.19 bits per heavy atom. The molecule has 1 aliphatic rings. The smallest absolute Gasteiger partial charge is 0.306 e. The molecule has 2 amide bonds. The van der Waals surface area contributed by atoms with Gasteiger partial charge >= 0.3 is 12.2 Å². The van der Waals surface area contributed by atoms with Crippen LogP contribution in [0, 0.1) is 5.41 Å². The summed E-state index contributed by atoms with van der Waals surface area (Å²) >= 11 is 7.82. The van der Waals surface area contributed by atoms with Gasteiger partial charge in [-0.15, -0.1) is 0 Å². The summed E-state index contributed by atoms with van der Waals surface area (Å²) in [5, 5.41) is 9.31. The molecule has 2 aromatic rings. The minimum atomic E-state index is -4.42. The van der Waals surface area contributed by atoms with Crippen molar-refractivity contribution in [1.82, 2.24) is 5.01 Å². The number of nitrogens with one attached hydrogen (secondary N) is 1. The second kappa shape index (κ2) is 10.2. The Bertz CT molecular complexity index is 964. The molecule has 0 aliphatic carbocycles. The number of nitrogens with zero attached hydrogens (tertiary/aromatic N) is 2. The van der Waals surface area contributed by atoms with Crippen molar-refractivity contribution < 1.29 is 18.0 Å². The third-order valence-electron chi connectivity index (χ3n) is 5.67. The fraction of sp³-hybridized carbons (Fsp3) is 0.391. The van der Waals surface area contributed by atoms with Crippen molar-refractivity contribution in [2.45, 2.75) is 32.4 Å². The van der Waals surface area contributed by atoms with Crippen molar-refractivity contribution in [3.63, 3.8) is 0 Å². The van der Waals surface area contributed by atoms with E-state index in [9.17, 15) is 18.0 Å². The maximum absolute atomic E-state index is 12.9. The van der Waals surface area contributed by atoms with Crippen molar-refractivity contribution in [3.8, 4) is 0 Å². The molecule has 1 heterocycles. The van der Waals surface area contributed by atoms with E-state index in [1.54, 1.807) is 23.9 Å². The first-order valence-electron chi connectivity index (χ1n) is 10.3. The molecule has 0 fully saturated rings. The number of hydrazone groups is 1. The normalized spacial score (nSPS) is 18.6. The van der Waals surface area contributed by atoms with E-state index in [1.807, 2.05) is 12.1 Å². The van der Waals surface area contributed by atoms with E-state index in [1.165, 1.54) is 17.1 Å². The van der Waals surface area contributed by atoms with E-state index in [-0.39, 0.29) is 11.1 Å². The van der Waals surface area contributed by atoms with Crippen LogP contribution in [0.3, 0.4) is 0 Å². The molecule has 0 aromatic heterocycles. The van der Waals surface area contributed by atoms with Crippen LogP contribution in [0.2, 0.25) is 5.02 Å². The van der Waals surface area contributed by atoms with Crippen molar-refractivity contribution in [2.75, 3.05) is 23.9 Å². The molecule has 9 heteroatoms. The predicted octanol–water partition coefficient (Wildman–Crippen LogP) is 7.15. The highest BCUT2D eigenvalue weighted by molar-refractivity contribution is 7.98. The number of benzene rings is 2. The van der Waals surface area contributed by atoms with Gasteiger partial charge in [0.2, 0.25) is 0 Å². The first-order valence-corrected chi connectivity index (χ1v) is 12.1. The monoisotopic (exact) mass is 483 g/mol. The number of hydrogen-bond acceptors (Lipinski definition) is 3. The third-order valence-corrected chi connectivity index (χ3v) is 6.62. The minimum absolute atomic E-state index is 0.280. The number of urea groups is 1. The van der Waals surface area contributed by atoms with Crippen LogP contribution < -0.4 is 5.32 Å². The topological polar surface area (TPSA) is 44.7 Å². The standard InChI is InChI=1S/C23H25ClF3N3OS/c1-3-22(13-4-14-32-2)15-30(29-20(22)16-5-9-18(24)10-6-16)21(31)28-19-11-7-17(8-12-19)23(25,26)27/h5-12H,3-4,13-15H2,1-2H3,(H,28,31). The van der Waals surface area contributed by atoms with E-state index in [0.717, 1.165) is 48.4 Å². The highest BCUT2D eigenvalue weighted by atomic mass is 35.5. The Kier molecular flexibility index (Phi) is 7.77. The lowest BCUT2D eigenvalue weighted by Gasteiger charge is -2.30. The molecule has 4 nitrogen and oxygen atoms in total. The lowest BCUT2D eigenvalue weighted by atomic mass is 9.74. The molecule has 0 radical (unpaired) electrons. The van der Waals surface area contributed by atoms with Crippen LogP contribution in [-0.4, -0.2) is 35.3 Å². The molecule has 0 saturated carbocycles. The largest absolute Gasteiger partial charge is 0.416 e. The van der Waals surface area contributed by atoms with Crippen molar-refractivity contribution in [2.24, 2.45) is 10.5 Å². The first-order chi connectivity index (χ1) is 15.2.